The number of aromatic nitrogens is 1. The van der Waals surface area contributed by atoms with E-state index in [1.807, 2.05) is 6.07 Å². The van der Waals surface area contributed by atoms with Crippen LogP contribution in [0.25, 0.3) is 17.5 Å². The molecule has 1 atom stereocenters. The second-order valence-corrected chi connectivity index (χ2v) is 7.11. The van der Waals surface area contributed by atoms with E-state index in [9.17, 15) is 24.0 Å². The fourth-order valence-electron chi connectivity index (χ4n) is 3.14. The predicted octanol–water partition coefficient (Wildman–Crippen LogP) is 0.164. The first-order valence-electron chi connectivity index (χ1n) is 8.73. The molecule has 0 bridgehead atoms. The zero-order valence-electron chi connectivity index (χ0n) is 16.0. The van der Waals surface area contributed by atoms with Gasteiger partial charge in [-0.15, -0.1) is 11.3 Å². The number of hydrogen-bond acceptors (Lipinski definition) is 8. The molecule has 2 N–H and O–H groups in total. The second kappa shape index (κ2) is 8.34. The van der Waals surface area contributed by atoms with E-state index >= 15 is 0 Å². The number of nitrogens with zero attached hydrogens (tertiary/aromatic N) is 2. The molecule has 8 nitrogen and oxygen atoms in total. The molecular formula is C20H16FN3O5S. The van der Waals surface area contributed by atoms with Gasteiger partial charge in [-0.25, -0.2) is 14.0 Å². The van der Waals surface area contributed by atoms with Gasteiger partial charge in [0.25, 0.3) is 5.56 Å². The molecule has 0 radical (unpaired) electrons. The van der Waals surface area contributed by atoms with Crippen molar-refractivity contribution in [2.75, 3.05) is 13.7 Å². The van der Waals surface area contributed by atoms with Crippen molar-refractivity contribution in [1.82, 2.24) is 4.57 Å². The van der Waals surface area contributed by atoms with E-state index in [2.05, 4.69) is 4.74 Å². The third kappa shape index (κ3) is 3.40. The number of nitriles is 1. The zero-order valence-corrected chi connectivity index (χ0v) is 16.8. The normalized spacial score (nSPS) is 16.1. The number of fused-ring (bicyclic) bond motifs is 1. The Morgan fingerprint density at radius 3 is 2.70 bits per heavy atom. The first-order chi connectivity index (χ1) is 14.3. The van der Waals surface area contributed by atoms with Crippen LogP contribution in [0.15, 0.2) is 34.6 Å². The van der Waals surface area contributed by atoms with E-state index in [1.54, 1.807) is 13.0 Å². The van der Waals surface area contributed by atoms with Gasteiger partial charge in [-0.05, 0) is 13.0 Å². The number of nitrogens with two attached hydrogens (primary N) is 1. The average Bonchev–Trinajstić information content (AvgIpc) is 3.04. The third-order valence-electron chi connectivity index (χ3n) is 4.43. The number of rotatable bonds is 4. The zero-order chi connectivity index (χ0) is 22.0. The van der Waals surface area contributed by atoms with Gasteiger partial charge in [0.05, 0.1) is 36.9 Å². The van der Waals surface area contributed by atoms with Gasteiger partial charge in [0.2, 0.25) is 0 Å². The minimum Gasteiger partial charge on any atom is -0.466 e. The van der Waals surface area contributed by atoms with E-state index in [4.69, 9.17) is 10.5 Å². The van der Waals surface area contributed by atoms with Gasteiger partial charge < -0.3 is 15.2 Å². The smallest absolute Gasteiger partial charge is 0.338 e. The quantitative estimate of drug-likeness (QED) is 0.687. The van der Waals surface area contributed by atoms with Gasteiger partial charge in [0, 0.05) is 11.6 Å². The Kier molecular flexibility index (Phi) is 5.84. The van der Waals surface area contributed by atoms with Crippen LogP contribution in [0.4, 0.5) is 4.39 Å². The van der Waals surface area contributed by atoms with Gasteiger partial charge in [0.15, 0.2) is 0 Å². The number of carbonyl (C=O) groups excluding carboxylic acids is 2. The lowest BCUT2D eigenvalue weighted by atomic mass is 9.83. The molecule has 0 aliphatic carbocycles. The summed E-state index contributed by atoms with van der Waals surface area (Å²) < 4.78 is 25.3. The number of ether oxygens (including phenoxy) is 2. The Hall–Kier alpha value is -3.71. The summed E-state index contributed by atoms with van der Waals surface area (Å²) in [7, 11) is 1.15. The lowest BCUT2D eigenvalue weighted by molar-refractivity contribution is -0.136. The Labute approximate surface area is 173 Å². The summed E-state index contributed by atoms with van der Waals surface area (Å²) in [4.78, 5) is 37.3. The van der Waals surface area contributed by atoms with Gasteiger partial charge in [-0.2, -0.15) is 5.26 Å². The van der Waals surface area contributed by atoms with Crippen molar-refractivity contribution in [3.05, 3.63) is 60.8 Å². The summed E-state index contributed by atoms with van der Waals surface area (Å²) in [6.45, 7) is 1.61. The summed E-state index contributed by atoms with van der Waals surface area (Å²) in [5.41, 5.74) is 5.13. The van der Waals surface area contributed by atoms with E-state index < -0.39 is 29.2 Å². The molecule has 0 unspecified atom stereocenters. The fraction of sp³-hybridized carbons (Fsp3) is 0.200. The maximum absolute atomic E-state index is 14.6. The van der Waals surface area contributed by atoms with Crippen LogP contribution in [-0.4, -0.2) is 30.2 Å². The van der Waals surface area contributed by atoms with Crippen molar-refractivity contribution < 1.29 is 23.5 Å². The monoisotopic (exact) mass is 429 g/mol. The number of methoxy groups -OCH3 is 1. The lowest BCUT2D eigenvalue weighted by Gasteiger charge is -2.24. The van der Waals surface area contributed by atoms with Crippen LogP contribution in [-0.2, 0) is 19.1 Å². The highest BCUT2D eigenvalue weighted by molar-refractivity contribution is 7.07. The van der Waals surface area contributed by atoms with Crippen LogP contribution < -0.4 is 20.5 Å². The Bertz CT molecular complexity index is 1300. The minimum absolute atomic E-state index is 0.0180. The maximum Gasteiger partial charge on any atom is 0.338 e. The second-order valence-electron chi connectivity index (χ2n) is 6.08. The molecule has 1 aliphatic heterocycles. The largest absolute Gasteiger partial charge is 0.466 e. The summed E-state index contributed by atoms with van der Waals surface area (Å²) in [6.07, 6.45) is 0.957. The number of hydrogen-bond donors (Lipinski definition) is 1. The van der Waals surface area contributed by atoms with Crippen LogP contribution >= 0.6 is 11.3 Å². The van der Waals surface area contributed by atoms with Crippen LogP contribution in [0.5, 0.6) is 0 Å². The molecule has 1 aliphatic rings. The van der Waals surface area contributed by atoms with Crippen molar-refractivity contribution in [3.63, 3.8) is 0 Å². The van der Waals surface area contributed by atoms with Gasteiger partial charge in [0.1, 0.15) is 20.8 Å². The third-order valence-corrected chi connectivity index (χ3v) is 5.54. The van der Waals surface area contributed by atoms with E-state index in [0.717, 1.165) is 29.1 Å². The Morgan fingerprint density at radius 2 is 2.10 bits per heavy atom. The highest BCUT2D eigenvalue weighted by atomic mass is 32.1. The van der Waals surface area contributed by atoms with E-state index in [-0.39, 0.29) is 38.3 Å². The number of thiazole rings is 1. The summed E-state index contributed by atoms with van der Waals surface area (Å²) in [5, 5.41) is 9.75. The number of carbonyl (C=O) groups is 2. The first kappa shape index (κ1) is 21.0. The highest BCUT2D eigenvalue weighted by Crippen LogP contribution is 2.37. The fourth-order valence-corrected chi connectivity index (χ4v) is 4.27. The summed E-state index contributed by atoms with van der Waals surface area (Å²) in [6, 6.07) is 7.52. The highest BCUT2D eigenvalue weighted by Gasteiger charge is 2.37. The van der Waals surface area contributed by atoms with Crippen molar-refractivity contribution in [3.8, 4) is 6.07 Å². The molecule has 0 saturated carbocycles. The standard InChI is InChI=1S/C20H16FN3O5S/c1-3-29-20(27)16-15(10-6-4-5-7-12(10)21)11(9-22)17(23)24-18(26)13(30-19(16)24)8-14(25)28-2/h4-8,15H,3,23H2,1-2H3/b13-8-/t15-/m1/s1. The molecule has 0 amide bonds. The van der Waals surface area contributed by atoms with Crippen LogP contribution in [0.3, 0.4) is 0 Å². The molecule has 1 aromatic heterocycles. The SMILES string of the molecule is CCOC(=O)C1=c2s/c(=C\C(=O)OC)c(=O)n2C(N)=C(C#N)[C@H]1c1ccccc1F. The Balaban J connectivity index is 2.50. The van der Waals surface area contributed by atoms with Crippen LogP contribution in [0.1, 0.15) is 18.4 Å². The van der Waals surface area contributed by atoms with E-state index in [0.29, 0.717) is 0 Å². The molecule has 154 valence electrons. The van der Waals surface area contributed by atoms with Gasteiger partial charge in [-0.3, -0.25) is 9.36 Å². The van der Waals surface area contributed by atoms with Gasteiger partial charge >= 0.3 is 11.9 Å². The lowest BCUT2D eigenvalue weighted by Crippen LogP contribution is -2.40. The first-order valence-corrected chi connectivity index (χ1v) is 9.54. The average molecular weight is 429 g/mol. The topological polar surface area (TPSA) is 124 Å². The number of esters is 2. The molecule has 0 fully saturated rings. The summed E-state index contributed by atoms with van der Waals surface area (Å²) >= 11 is 0.799. The molecule has 3 rings (SSSR count). The molecule has 2 heterocycles. The minimum atomic E-state index is -1.18. The maximum atomic E-state index is 14.6. The van der Waals surface area contributed by atoms with E-state index in [1.165, 1.54) is 18.2 Å². The van der Waals surface area contributed by atoms with Crippen molar-refractivity contribution in [1.29, 1.82) is 5.26 Å². The molecule has 30 heavy (non-hydrogen) atoms. The molecule has 10 heteroatoms. The van der Waals surface area contributed by atoms with Gasteiger partial charge in [-0.1, -0.05) is 18.2 Å². The molecule has 1 aromatic carbocycles. The van der Waals surface area contributed by atoms with Crippen molar-refractivity contribution in [2.45, 2.75) is 12.8 Å². The molecular weight excluding hydrogens is 413 g/mol. The van der Waals surface area contributed by atoms with Crippen LogP contribution in [0, 0.1) is 17.1 Å². The predicted molar refractivity (Wildman–Crippen MR) is 107 cm³/mol. The molecule has 2 aromatic rings. The molecule has 0 spiro atoms. The number of halogens is 1. The van der Waals surface area contributed by atoms with Crippen molar-refractivity contribution >= 4 is 40.7 Å². The number of benzene rings is 1. The van der Waals surface area contributed by atoms with Crippen molar-refractivity contribution in [2.24, 2.45) is 5.73 Å². The molecule has 0 saturated heterocycles. The Morgan fingerprint density at radius 1 is 1.40 bits per heavy atom. The van der Waals surface area contributed by atoms with Crippen LogP contribution in [0.2, 0.25) is 0 Å². The summed E-state index contributed by atoms with van der Waals surface area (Å²) in [5.74, 6) is -3.69. The number of allylic oxidation sites excluding steroid dienone is 1.